The first-order chi connectivity index (χ1) is 10.1. The van der Waals surface area contributed by atoms with Gasteiger partial charge in [0.15, 0.2) is 0 Å². The molecule has 1 fully saturated rings. The van der Waals surface area contributed by atoms with Gasteiger partial charge in [-0.3, -0.25) is 14.3 Å². The van der Waals surface area contributed by atoms with Crippen molar-refractivity contribution in [2.75, 3.05) is 37.2 Å². The van der Waals surface area contributed by atoms with Crippen molar-refractivity contribution in [1.82, 2.24) is 14.5 Å². The van der Waals surface area contributed by atoms with E-state index >= 15 is 0 Å². The van der Waals surface area contributed by atoms with E-state index in [1.54, 1.807) is 0 Å². The van der Waals surface area contributed by atoms with Gasteiger partial charge >= 0.3 is 5.69 Å². The summed E-state index contributed by atoms with van der Waals surface area (Å²) in [5.74, 6) is 0.742. The molecule has 1 saturated heterocycles. The number of nitrogens with zero attached hydrogens (tertiary/aromatic N) is 2. The van der Waals surface area contributed by atoms with E-state index in [1.807, 2.05) is 6.92 Å². The van der Waals surface area contributed by atoms with Crippen LogP contribution in [0.4, 0.5) is 11.5 Å². The van der Waals surface area contributed by atoms with Gasteiger partial charge in [0.2, 0.25) is 0 Å². The van der Waals surface area contributed by atoms with Crippen LogP contribution in [0, 0.1) is 5.92 Å². The molecular weight excluding hydrogens is 270 g/mol. The molecule has 0 amide bonds. The molecule has 1 atom stereocenters. The average Bonchev–Trinajstić information content (AvgIpc) is 2.91. The Hall–Kier alpha value is -1.76. The molecule has 1 unspecified atom stereocenters. The topological polar surface area (TPSA) is 96.2 Å². The number of likely N-dealkylation sites (tertiary alicyclic amines) is 1. The third kappa shape index (κ3) is 3.47. The summed E-state index contributed by atoms with van der Waals surface area (Å²) in [5, 5.41) is 3.14. The smallest absolute Gasteiger partial charge is 0.330 e. The number of rotatable bonds is 6. The minimum atomic E-state index is -0.442. The van der Waals surface area contributed by atoms with E-state index in [1.165, 1.54) is 4.57 Å². The fraction of sp³-hybridized carbons (Fsp3) is 0.714. The zero-order valence-electron chi connectivity index (χ0n) is 12.8. The van der Waals surface area contributed by atoms with Crippen LogP contribution in [0.1, 0.15) is 26.7 Å². The monoisotopic (exact) mass is 295 g/mol. The van der Waals surface area contributed by atoms with Crippen LogP contribution < -0.4 is 22.3 Å². The van der Waals surface area contributed by atoms with Crippen LogP contribution in [0.3, 0.4) is 0 Å². The third-order valence-corrected chi connectivity index (χ3v) is 4.07. The van der Waals surface area contributed by atoms with Gasteiger partial charge < -0.3 is 16.0 Å². The predicted octanol–water partition coefficient (Wildman–Crippen LogP) is 0.283. The highest BCUT2D eigenvalue weighted by molar-refractivity contribution is 5.60. The summed E-state index contributed by atoms with van der Waals surface area (Å²) in [7, 11) is 0. The SMILES string of the molecule is CCCn1c(N)c(NCC2CCN(CC)C2)c(=O)[nH]c1=O. The summed E-state index contributed by atoms with van der Waals surface area (Å²) in [5.41, 5.74) is 5.42. The van der Waals surface area contributed by atoms with Crippen LogP contribution in [0.5, 0.6) is 0 Å². The lowest BCUT2D eigenvalue weighted by Gasteiger charge is -2.16. The number of nitrogens with one attached hydrogen (secondary N) is 2. The Morgan fingerprint density at radius 3 is 2.76 bits per heavy atom. The van der Waals surface area contributed by atoms with E-state index in [2.05, 4.69) is 22.1 Å². The molecule has 7 nitrogen and oxygen atoms in total. The van der Waals surface area contributed by atoms with E-state index in [4.69, 9.17) is 5.73 Å². The Morgan fingerprint density at radius 2 is 2.14 bits per heavy atom. The van der Waals surface area contributed by atoms with E-state index < -0.39 is 11.2 Å². The van der Waals surface area contributed by atoms with E-state index in [-0.39, 0.29) is 5.82 Å². The van der Waals surface area contributed by atoms with Crippen molar-refractivity contribution in [3.8, 4) is 0 Å². The van der Waals surface area contributed by atoms with Crippen molar-refractivity contribution >= 4 is 11.5 Å². The first kappa shape index (κ1) is 15.6. The number of aromatic nitrogens is 2. The van der Waals surface area contributed by atoms with Crippen LogP contribution in [0.25, 0.3) is 0 Å². The Labute approximate surface area is 124 Å². The van der Waals surface area contributed by atoms with Gasteiger partial charge in [0, 0.05) is 19.6 Å². The van der Waals surface area contributed by atoms with E-state index in [0.29, 0.717) is 24.7 Å². The van der Waals surface area contributed by atoms with Gasteiger partial charge in [0.25, 0.3) is 5.56 Å². The maximum atomic E-state index is 11.9. The number of aromatic amines is 1. The van der Waals surface area contributed by atoms with E-state index in [0.717, 1.165) is 32.5 Å². The molecule has 1 aliphatic heterocycles. The predicted molar refractivity (Wildman–Crippen MR) is 84.7 cm³/mol. The lowest BCUT2D eigenvalue weighted by Crippen LogP contribution is -2.35. The molecule has 0 bridgehead atoms. The minimum Gasteiger partial charge on any atom is -0.383 e. The molecule has 2 heterocycles. The molecule has 0 saturated carbocycles. The second kappa shape index (κ2) is 6.80. The lowest BCUT2D eigenvalue weighted by molar-refractivity contribution is 0.345. The molecule has 7 heteroatoms. The third-order valence-electron chi connectivity index (χ3n) is 4.07. The van der Waals surface area contributed by atoms with Crippen molar-refractivity contribution in [1.29, 1.82) is 0 Å². The van der Waals surface area contributed by atoms with Gasteiger partial charge in [-0.1, -0.05) is 13.8 Å². The van der Waals surface area contributed by atoms with Crippen molar-refractivity contribution in [3.63, 3.8) is 0 Å². The van der Waals surface area contributed by atoms with Crippen molar-refractivity contribution in [2.45, 2.75) is 33.2 Å². The number of hydrogen-bond donors (Lipinski definition) is 3. The summed E-state index contributed by atoms with van der Waals surface area (Å²) in [6.07, 6.45) is 1.90. The highest BCUT2D eigenvalue weighted by atomic mass is 16.2. The number of hydrogen-bond acceptors (Lipinski definition) is 5. The molecule has 1 aromatic rings. The van der Waals surface area contributed by atoms with Crippen LogP contribution in [-0.4, -0.2) is 40.6 Å². The molecule has 2 rings (SSSR count). The number of H-pyrrole nitrogens is 1. The zero-order chi connectivity index (χ0) is 15.4. The van der Waals surface area contributed by atoms with Crippen LogP contribution >= 0.6 is 0 Å². The van der Waals surface area contributed by atoms with Gasteiger partial charge in [-0.25, -0.2) is 4.79 Å². The highest BCUT2D eigenvalue weighted by Gasteiger charge is 2.21. The van der Waals surface area contributed by atoms with Gasteiger partial charge in [-0.15, -0.1) is 0 Å². The highest BCUT2D eigenvalue weighted by Crippen LogP contribution is 2.17. The molecule has 21 heavy (non-hydrogen) atoms. The summed E-state index contributed by atoms with van der Waals surface area (Å²) < 4.78 is 1.41. The lowest BCUT2D eigenvalue weighted by atomic mass is 10.1. The molecule has 0 radical (unpaired) electrons. The van der Waals surface area contributed by atoms with E-state index in [9.17, 15) is 9.59 Å². The van der Waals surface area contributed by atoms with Crippen molar-refractivity contribution < 1.29 is 0 Å². The molecule has 1 aliphatic rings. The second-order valence-corrected chi connectivity index (χ2v) is 5.60. The molecule has 118 valence electrons. The second-order valence-electron chi connectivity index (χ2n) is 5.60. The molecule has 4 N–H and O–H groups in total. The number of nitrogens with two attached hydrogens (primary N) is 1. The van der Waals surface area contributed by atoms with Crippen LogP contribution in [0.15, 0.2) is 9.59 Å². The van der Waals surface area contributed by atoms with Gasteiger partial charge in [0.1, 0.15) is 11.5 Å². The molecule has 0 aromatic carbocycles. The summed E-state index contributed by atoms with van der Waals surface area (Å²) >= 11 is 0. The molecular formula is C14H25N5O2. The fourth-order valence-electron chi connectivity index (χ4n) is 2.82. The van der Waals surface area contributed by atoms with Crippen LogP contribution in [0.2, 0.25) is 0 Å². The minimum absolute atomic E-state index is 0.232. The van der Waals surface area contributed by atoms with Gasteiger partial charge in [-0.2, -0.15) is 0 Å². The van der Waals surface area contributed by atoms with Gasteiger partial charge in [-0.05, 0) is 31.8 Å². The Morgan fingerprint density at radius 1 is 1.38 bits per heavy atom. The van der Waals surface area contributed by atoms with Crippen molar-refractivity contribution in [2.24, 2.45) is 5.92 Å². The molecule has 0 spiro atoms. The zero-order valence-corrected chi connectivity index (χ0v) is 12.8. The Kier molecular flexibility index (Phi) is 5.06. The Bertz CT molecular complexity index is 592. The summed E-state index contributed by atoms with van der Waals surface area (Å²) in [6.45, 7) is 8.51. The average molecular weight is 295 g/mol. The quantitative estimate of drug-likeness (QED) is 0.700. The number of anilines is 2. The maximum absolute atomic E-state index is 11.9. The van der Waals surface area contributed by atoms with Crippen molar-refractivity contribution in [3.05, 3.63) is 20.8 Å². The normalized spacial score (nSPS) is 19.0. The molecule has 0 aliphatic carbocycles. The standard InChI is InChI=1S/C14H25N5O2/c1-3-6-19-12(15)11(13(20)17-14(19)21)16-8-10-5-7-18(4-2)9-10/h10,16H,3-9,15H2,1-2H3,(H,17,20,21). The largest absolute Gasteiger partial charge is 0.383 e. The Balaban J connectivity index is 2.11. The molecule has 1 aromatic heterocycles. The first-order valence-electron chi connectivity index (χ1n) is 7.65. The summed E-state index contributed by atoms with van der Waals surface area (Å²) in [4.78, 5) is 28.4. The first-order valence-corrected chi connectivity index (χ1v) is 7.65. The fourth-order valence-corrected chi connectivity index (χ4v) is 2.82. The van der Waals surface area contributed by atoms with Crippen LogP contribution in [-0.2, 0) is 6.54 Å². The summed E-state index contributed by atoms with van der Waals surface area (Å²) in [6, 6.07) is 0. The number of nitrogen functional groups attached to an aromatic ring is 1. The maximum Gasteiger partial charge on any atom is 0.330 e. The van der Waals surface area contributed by atoms with Gasteiger partial charge in [0.05, 0.1) is 0 Å².